The molecule has 770 valence electrons. The van der Waals surface area contributed by atoms with Crippen LogP contribution in [0.15, 0.2) is 12.2 Å². The third-order valence-electron chi connectivity index (χ3n) is 25.7. The molecule has 7 fully saturated rings. The number of aliphatic hydroxyl groups is 20. The minimum atomic E-state index is -2.51. The van der Waals surface area contributed by atoms with Crippen molar-refractivity contribution >= 4 is 23.6 Å². The summed E-state index contributed by atoms with van der Waals surface area (Å²) in [5.74, 6) is -3.06. The number of hydrogen-bond acceptors (Lipinski definition) is 38. The number of aliphatic hydroxyl groups excluding tert-OH is 20. The second kappa shape index (κ2) is 61.7. The van der Waals surface area contributed by atoms with Crippen LogP contribution in [0.25, 0.3) is 0 Å². The summed E-state index contributed by atoms with van der Waals surface area (Å²) >= 11 is 0. The number of carbonyl (C=O) groups is 4. The molecule has 7 rings (SSSR count). The summed E-state index contributed by atoms with van der Waals surface area (Å²) in [6.45, 7) is -0.623. The van der Waals surface area contributed by atoms with Crippen LogP contribution in [0.4, 0.5) is 0 Å². The molecule has 42 nitrogen and oxygen atoms in total. The van der Waals surface area contributed by atoms with Gasteiger partial charge in [0, 0.05) is 27.2 Å². The highest BCUT2D eigenvalue weighted by atomic mass is 16.8. The Balaban J connectivity index is 1.06. The third kappa shape index (κ3) is 35.2. The molecule has 42 heteroatoms. The molecule has 37 atom stereocenters. The summed E-state index contributed by atoms with van der Waals surface area (Å²) in [6, 6.07) is -6.69. The molecular formula is C90H162N4O38. The van der Waals surface area contributed by atoms with E-state index < -0.39 is 297 Å². The van der Waals surface area contributed by atoms with E-state index in [1.165, 1.54) is 148 Å². The summed E-state index contributed by atoms with van der Waals surface area (Å²) in [7, 11) is 0. The van der Waals surface area contributed by atoms with Gasteiger partial charge in [-0.3, -0.25) is 19.2 Å². The monoisotopic (exact) mass is 1910 g/mol. The van der Waals surface area contributed by atoms with E-state index in [0.29, 0.717) is 12.8 Å². The molecule has 0 radical (unpaired) electrons. The predicted octanol–water partition coefficient (Wildman–Crippen LogP) is -2.12. The van der Waals surface area contributed by atoms with E-state index in [1.54, 1.807) is 6.08 Å². The summed E-state index contributed by atoms with van der Waals surface area (Å²) in [5, 5.41) is 236. The largest absolute Gasteiger partial charge is 0.394 e. The van der Waals surface area contributed by atoms with Crippen molar-refractivity contribution in [3.8, 4) is 0 Å². The Labute approximate surface area is 774 Å². The second-order valence-corrected chi connectivity index (χ2v) is 36.3. The van der Waals surface area contributed by atoms with E-state index in [4.69, 9.17) is 66.3 Å². The molecule has 0 aromatic rings. The Hall–Kier alpha value is -3.74. The zero-order valence-electron chi connectivity index (χ0n) is 77.5. The first-order chi connectivity index (χ1) is 63.4. The van der Waals surface area contributed by atoms with Gasteiger partial charge < -0.3 is 190 Å². The van der Waals surface area contributed by atoms with Crippen LogP contribution in [0.3, 0.4) is 0 Å². The summed E-state index contributed by atoms with van der Waals surface area (Å²) in [4.78, 5) is 53.0. The Morgan fingerprint density at radius 2 is 0.583 bits per heavy atom. The van der Waals surface area contributed by atoms with Crippen molar-refractivity contribution in [1.29, 1.82) is 0 Å². The Morgan fingerprint density at radius 3 is 0.985 bits per heavy atom. The number of ether oxygens (including phenoxy) is 14. The zero-order chi connectivity index (χ0) is 96.5. The van der Waals surface area contributed by atoms with Gasteiger partial charge in [-0.05, 0) is 19.3 Å². The molecule has 7 aliphatic heterocycles. The second-order valence-electron chi connectivity index (χ2n) is 36.3. The topological polar surface area (TPSA) is 650 Å². The minimum Gasteiger partial charge on any atom is -0.394 e. The Bertz CT molecular complexity index is 3170. The van der Waals surface area contributed by atoms with Crippen LogP contribution in [0.5, 0.6) is 0 Å². The van der Waals surface area contributed by atoms with Crippen LogP contribution >= 0.6 is 0 Å². The van der Waals surface area contributed by atoms with Crippen LogP contribution < -0.4 is 21.3 Å². The van der Waals surface area contributed by atoms with Crippen LogP contribution in [-0.2, 0) is 85.5 Å². The average molecular weight is 1910 g/mol. The number of unbranched alkanes of at least 4 members (excludes halogenated alkanes) is 31. The molecular weight excluding hydrogens is 1740 g/mol. The molecule has 24 N–H and O–H groups in total. The highest BCUT2D eigenvalue weighted by Gasteiger charge is 2.61. The number of amides is 4. The quantitative estimate of drug-likeness (QED) is 0.0229. The summed E-state index contributed by atoms with van der Waals surface area (Å²) in [6.07, 6.45) is -24.1. The fourth-order valence-corrected chi connectivity index (χ4v) is 18.0. The molecule has 0 saturated carbocycles. The number of allylic oxidation sites excluding steroid dienone is 1. The molecule has 132 heavy (non-hydrogen) atoms. The van der Waals surface area contributed by atoms with Gasteiger partial charge in [0.15, 0.2) is 44.0 Å². The van der Waals surface area contributed by atoms with Gasteiger partial charge in [-0.2, -0.15) is 0 Å². The Kier molecular flexibility index (Phi) is 53.9. The lowest BCUT2D eigenvalue weighted by atomic mass is 9.93. The zero-order valence-corrected chi connectivity index (χ0v) is 77.5. The van der Waals surface area contributed by atoms with Gasteiger partial charge in [-0.25, -0.2) is 0 Å². The van der Waals surface area contributed by atoms with Gasteiger partial charge in [0.05, 0.1) is 65.0 Å². The normalized spacial score (nSPS) is 36.8. The van der Waals surface area contributed by atoms with E-state index in [2.05, 4.69) is 35.1 Å². The maximum atomic E-state index is 13.7. The number of nitrogens with one attached hydrogen (secondary N) is 4. The van der Waals surface area contributed by atoms with Gasteiger partial charge >= 0.3 is 0 Å². The van der Waals surface area contributed by atoms with Crippen molar-refractivity contribution in [3.63, 3.8) is 0 Å². The molecule has 0 spiro atoms. The van der Waals surface area contributed by atoms with Gasteiger partial charge in [0.2, 0.25) is 23.6 Å². The van der Waals surface area contributed by atoms with E-state index >= 15 is 0 Å². The van der Waals surface area contributed by atoms with E-state index in [0.717, 1.165) is 72.1 Å². The standard InChI is InChI=1S/C90H162N4O38/c1-6-8-10-12-14-16-18-20-21-22-23-24-25-26-27-29-31-33-35-37-39-41-62(106)94-53(54(105)40-38-36-34-32-30-28-19-17-15-13-11-9-7-2)49-119-87-75(116)72(113)78(59(46-99)124-87)127-89-76(117)73(114)79(60(47-100)125-89)128-90-77(118)83(132-86-64(92-51(4)103)81(68(109)57(44-97)122-86)130-84-63(91-50(3)102)70(111)66(107)55(42-95)120-84)80(61(48-101)126-90)129-85-65(93-52(5)104)82(69(110)58(45-98)121-85)131-88-74(115)71(112)67(108)56(43-96)123-88/h38,40,53-61,63-90,95-101,105,107-118H,6-37,39,41-49H2,1-5H3,(H,91,102)(H,92,103)(H,93,104)(H,94,106)/b40-38+/t53-,54+,55?,56?,57?,58?,59?,60?,61?,63?,64?,65?,66-,67-,68-,69-,70+,71-,72+,73+,74?,75?,76?,77?,78+,79-,80-,81+,82+,83+,84+,85-,86-,87+,88-,89-,90-/m0/s1. The molecule has 7 saturated heterocycles. The van der Waals surface area contributed by atoms with Crippen LogP contribution in [-0.4, -0.2) is 406 Å². The fraction of sp³-hybridized carbons (Fsp3) is 0.933. The maximum absolute atomic E-state index is 13.7. The smallest absolute Gasteiger partial charge is 0.220 e. The molecule has 0 bridgehead atoms. The summed E-state index contributed by atoms with van der Waals surface area (Å²) in [5.41, 5.74) is 0. The predicted molar refractivity (Wildman–Crippen MR) is 466 cm³/mol. The first-order valence-electron chi connectivity index (χ1n) is 48.5. The van der Waals surface area contributed by atoms with Crippen molar-refractivity contribution in [2.45, 2.75) is 480 Å². The lowest BCUT2D eigenvalue weighted by Crippen LogP contribution is -2.72. The molecule has 4 amide bonds. The van der Waals surface area contributed by atoms with Crippen molar-refractivity contribution in [1.82, 2.24) is 21.3 Å². The third-order valence-corrected chi connectivity index (χ3v) is 25.7. The lowest BCUT2D eigenvalue weighted by molar-refractivity contribution is -0.400. The average Bonchev–Trinajstić information content (AvgIpc) is 0.754. The molecule has 0 aliphatic carbocycles. The van der Waals surface area contributed by atoms with Gasteiger partial charge in [-0.1, -0.05) is 219 Å². The molecule has 14 unspecified atom stereocenters. The van der Waals surface area contributed by atoms with E-state index in [9.17, 15) is 121 Å². The van der Waals surface area contributed by atoms with E-state index in [-0.39, 0.29) is 12.3 Å². The first-order valence-corrected chi connectivity index (χ1v) is 48.5. The number of hydrogen-bond donors (Lipinski definition) is 24. The fourth-order valence-electron chi connectivity index (χ4n) is 18.0. The van der Waals surface area contributed by atoms with Crippen molar-refractivity contribution in [2.75, 3.05) is 52.9 Å². The lowest BCUT2D eigenvalue weighted by Gasteiger charge is -2.52. The van der Waals surface area contributed by atoms with Gasteiger partial charge in [0.1, 0.15) is 171 Å². The highest BCUT2D eigenvalue weighted by Crippen LogP contribution is 2.40. The van der Waals surface area contributed by atoms with Crippen LogP contribution in [0, 0.1) is 0 Å². The molecule has 0 aromatic heterocycles. The van der Waals surface area contributed by atoms with Crippen molar-refractivity contribution < 1.29 is 188 Å². The van der Waals surface area contributed by atoms with E-state index in [1.807, 2.05) is 6.08 Å². The minimum absolute atomic E-state index is 0.150. The summed E-state index contributed by atoms with van der Waals surface area (Å²) < 4.78 is 85.2. The van der Waals surface area contributed by atoms with Crippen LogP contribution in [0.1, 0.15) is 253 Å². The van der Waals surface area contributed by atoms with Crippen LogP contribution in [0.2, 0.25) is 0 Å². The first kappa shape index (κ1) is 115. The van der Waals surface area contributed by atoms with Gasteiger partial charge in [0.25, 0.3) is 0 Å². The van der Waals surface area contributed by atoms with Crippen molar-refractivity contribution in [3.05, 3.63) is 12.2 Å². The molecule has 0 aromatic carbocycles. The number of rotatable bonds is 62. The SMILES string of the molecule is CCCCCCCCCCCCC/C=C/[C@@H](O)[C@H](CO[C@@H]1OC(CO)[C@@H](O[C@@H]2OC(CO)[C@H](O[C@@H]3OC(CO)[C@H](O[C@@H]4OC(CO)[C@H](O)[C@H](O[C@@H]5OC(CO)[C@H](O)[C@H](O)C5O)C4NC(C)=O)[C@H](O[C@@H]4OC(CO)[C@H](O)[C@H](O[C@H]5OC(CO)[C@H](O)[C@H](O)C5NC(C)=O)C4NC(C)=O)C3O)[C@H](O)C2O)[C@H](O)C1O)NC(=O)CCCCCCCCCCCCCCCCCCCCCCC. The van der Waals surface area contributed by atoms with Gasteiger partial charge in [-0.15, -0.1) is 0 Å². The number of carbonyl (C=O) groups excluding carboxylic acids is 4. The molecule has 7 aliphatic rings. The van der Waals surface area contributed by atoms with Crippen molar-refractivity contribution in [2.24, 2.45) is 0 Å². The Morgan fingerprint density at radius 1 is 0.295 bits per heavy atom. The highest BCUT2D eigenvalue weighted by molar-refractivity contribution is 5.76. The maximum Gasteiger partial charge on any atom is 0.220 e. The molecule has 7 heterocycles.